The summed E-state index contributed by atoms with van der Waals surface area (Å²) in [6, 6.07) is 7.37. The molecule has 1 saturated heterocycles. The Morgan fingerprint density at radius 1 is 1.31 bits per heavy atom. The van der Waals surface area contributed by atoms with E-state index in [0.717, 1.165) is 10.6 Å². The van der Waals surface area contributed by atoms with Gasteiger partial charge in [0.1, 0.15) is 5.75 Å². The summed E-state index contributed by atoms with van der Waals surface area (Å²) in [5.41, 5.74) is 1.25. The second-order valence-corrected chi connectivity index (χ2v) is 6.09. The average Bonchev–Trinajstić information content (AvgIpc) is 2.53. The van der Waals surface area contributed by atoms with Crippen molar-refractivity contribution in [1.29, 1.82) is 0 Å². The molecule has 1 atom stereocenters. The monoisotopic (exact) mass is 228 g/mol. The van der Waals surface area contributed by atoms with Crippen LogP contribution in [-0.2, 0) is 0 Å². The predicted octanol–water partition coefficient (Wildman–Crippen LogP) is 3.55. The second-order valence-electron chi connectivity index (χ2n) is 2.84. The molecule has 4 heteroatoms. The van der Waals surface area contributed by atoms with Crippen LogP contribution >= 0.6 is 33.8 Å². The van der Waals surface area contributed by atoms with E-state index in [0.29, 0.717) is 11.0 Å². The van der Waals surface area contributed by atoms with Crippen molar-refractivity contribution in [3.8, 4) is 5.75 Å². The van der Waals surface area contributed by atoms with E-state index in [9.17, 15) is 0 Å². The summed E-state index contributed by atoms with van der Waals surface area (Å²) in [5, 5.41) is 9.58. The minimum atomic E-state index is 0.321. The van der Waals surface area contributed by atoms with Gasteiger partial charge in [0.2, 0.25) is 0 Å². The lowest BCUT2D eigenvalue weighted by Crippen LogP contribution is -1.89. The maximum atomic E-state index is 9.11. The fraction of sp³-hybridized carbons (Fsp3) is 0.222. The molecule has 0 radical (unpaired) electrons. The molecule has 68 valence electrons. The van der Waals surface area contributed by atoms with E-state index in [4.69, 9.17) is 17.3 Å². The number of phenols is 1. The zero-order valence-electron chi connectivity index (χ0n) is 6.77. The lowest BCUT2D eigenvalue weighted by Gasteiger charge is -2.06. The Balaban J connectivity index is 2.17. The van der Waals surface area contributed by atoms with Gasteiger partial charge in [0.25, 0.3) is 0 Å². The largest absolute Gasteiger partial charge is 0.508 e. The molecule has 1 aromatic rings. The predicted molar refractivity (Wildman–Crippen MR) is 63.2 cm³/mol. The molecule has 1 N–H and O–H groups in total. The minimum absolute atomic E-state index is 0.321. The van der Waals surface area contributed by atoms with Crippen LogP contribution in [0, 0.1) is 0 Å². The van der Waals surface area contributed by atoms with Crippen LogP contribution in [0.5, 0.6) is 5.75 Å². The van der Waals surface area contributed by atoms with E-state index in [1.54, 1.807) is 33.7 Å². The first-order valence-electron chi connectivity index (χ1n) is 3.91. The number of hydrogen-bond acceptors (Lipinski definition) is 4. The van der Waals surface area contributed by atoms with Crippen LogP contribution in [0.15, 0.2) is 24.3 Å². The molecule has 0 aliphatic carbocycles. The zero-order chi connectivity index (χ0) is 9.26. The molecule has 13 heavy (non-hydrogen) atoms. The highest BCUT2D eigenvalue weighted by Gasteiger charge is 2.22. The number of benzene rings is 1. The third-order valence-corrected chi connectivity index (χ3v) is 5.32. The van der Waals surface area contributed by atoms with Gasteiger partial charge in [-0.15, -0.1) is 0 Å². The lowest BCUT2D eigenvalue weighted by atomic mass is 10.1. The topological polar surface area (TPSA) is 20.2 Å². The van der Waals surface area contributed by atoms with E-state index in [1.807, 2.05) is 12.1 Å². The van der Waals surface area contributed by atoms with E-state index < -0.39 is 0 Å². The van der Waals surface area contributed by atoms with Gasteiger partial charge in [-0.25, -0.2) is 0 Å². The SMILES string of the molecule is Oc1ccc(C2CC(=S)SS2)cc1. The van der Waals surface area contributed by atoms with Crippen LogP contribution in [0.1, 0.15) is 17.2 Å². The van der Waals surface area contributed by atoms with Crippen molar-refractivity contribution in [1.82, 2.24) is 0 Å². The van der Waals surface area contributed by atoms with Crippen LogP contribution in [0.3, 0.4) is 0 Å². The Kier molecular flexibility index (Phi) is 2.81. The van der Waals surface area contributed by atoms with Gasteiger partial charge < -0.3 is 5.11 Å². The highest BCUT2D eigenvalue weighted by Crippen LogP contribution is 2.49. The van der Waals surface area contributed by atoms with Gasteiger partial charge in [-0.2, -0.15) is 0 Å². The van der Waals surface area contributed by atoms with Gasteiger partial charge in [-0.3, -0.25) is 0 Å². The summed E-state index contributed by atoms with van der Waals surface area (Å²) in [6.45, 7) is 0. The normalized spacial score (nSPS) is 22.2. The fourth-order valence-corrected chi connectivity index (χ4v) is 4.30. The first kappa shape index (κ1) is 9.37. The summed E-state index contributed by atoms with van der Waals surface area (Å²) < 4.78 is 1.07. The maximum Gasteiger partial charge on any atom is 0.115 e. The molecule has 1 nitrogen and oxygen atoms in total. The highest BCUT2D eigenvalue weighted by atomic mass is 33.1. The fourth-order valence-electron chi connectivity index (χ4n) is 1.19. The van der Waals surface area contributed by atoms with E-state index in [-0.39, 0.29) is 0 Å². The highest BCUT2D eigenvalue weighted by molar-refractivity contribution is 8.84. The zero-order valence-corrected chi connectivity index (χ0v) is 9.22. The van der Waals surface area contributed by atoms with E-state index >= 15 is 0 Å². The Morgan fingerprint density at radius 2 is 2.00 bits per heavy atom. The summed E-state index contributed by atoms with van der Waals surface area (Å²) in [6.07, 6.45) is 0.968. The number of phenolic OH excluding ortho intramolecular Hbond substituents is 1. The maximum absolute atomic E-state index is 9.11. The van der Waals surface area contributed by atoms with Gasteiger partial charge in [0, 0.05) is 11.7 Å². The molecule has 0 aromatic heterocycles. The van der Waals surface area contributed by atoms with Crippen LogP contribution in [0.25, 0.3) is 0 Å². The van der Waals surface area contributed by atoms with Gasteiger partial charge in [0.05, 0.1) is 4.20 Å². The second kappa shape index (κ2) is 3.90. The molecule has 2 rings (SSSR count). The molecule has 1 fully saturated rings. The third kappa shape index (κ3) is 2.18. The molecule has 0 amide bonds. The molecule has 0 saturated carbocycles. The number of rotatable bonds is 1. The van der Waals surface area contributed by atoms with E-state index in [2.05, 4.69) is 0 Å². The van der Waals surface area contributed by atoms with Crippen molar-refractivity contribution < 1.29 is 5.11 Å². The molecule has 1 heterocycles. The third-order valence-electron chi connectivity index (χ3n) is 1.87. The van der Waals surface area contributed by atoms with Crippen LogP contribution in [-0.4, -0.2) is 9.30 Å². The van der Waals surface area contributed by atoms with Crippen molar-refractivity contribution in [2.75, 3.05) is 0 Å². The summed E-state index contributed by atoms with van der Waals surface area (Å²) in [7, 11) is 3.49. The van der Waals surface area contributed by atoms with Crippen LogP contribution in [0.2, 0.25) is 0 Å². The van der Waals surface area contributed by atoms with Crippen molar-refractivity contribution in [3.63, 3.8) is 0 Å². The first-order valence-corrected chi connectivity index (χ1v) is 6.53. The molecule has 1 aromatic carbocycles. The van der Waals surface area contributed by atoms with Gasteiger partial charge in [-0.1, -0.05) is 35.1 Å². The van der Waals surface area contributed by atoms with Crippen molar-refractivity contribution >= 4 is 38.0 Å². The van der Waals surface area contributed by atoms with Crippen molar-refractivity contribution in [2.45, 2.75) is 11.7 Å². The summed E-state index contributed by atoms with van der Waals surface area (Å²) >= 11 is 5.11. The molecule has 1 unspecified atom stereocenters. The van der Waals surface area contributed by atoms with Gasteiger partial charge in [0.15, 0.2) is 0 Å². The molecular formula is C9H8OS3. The van der Waals surface area contributed by atoms with Crippen LogP contribution in [0.4, 0.5) is 0 Å². The Hall–Kier alpha value is -0.190. The van der Waals surface area contributed by atoms with Crippen molar-refractivity contribution in [3.05, 3.63) is 29.8 Å². The Morgan fingerprint density at radius 3 is 2.54 bits per heavy atom. The lowest BCUT2D eigenvalue weighted by molar-refractivity contribution is 0.475. The van der Waals surface area contributed by atoms with Crippen LogP contribution < -0.4 is 0 Å². The van der Waals surface area contributed by atoms with Crippen molar-refractivity contribution in [2.24, 2.45) is 0 Å². The molecule has 1 aliphatic rings. The number of aromatic hydroxyl groups is 1. The van der Waals surface area contributed by atoms with Gasteiger partial charge in [-0.05, 0) is 28.5 Å². The first-order chi connectivity index (χ1) is 6.25. The quantitative estimate of drug-likeness (QED) is 0.585. The molecule has 0 spiro atoms. The van der Waals surface area contributed by atoms with E-state index in [1.165, 1.54) is 5.56 Å². The average molecular weight is 228 g/mol. The standard InChI is InChI=1S/C9H8OS3/c10-7-3-1-6(2-4-7)8-5-9(11)13-12-8/h1-4,8,10H,5H2. The summed E-state index contributed by atoms with van der Waals surface area (Å²) in [4.78, 5) is 0. The minimum Gasteiger partial charge on any atom is -0.508 e. The molecule has 1 aliphatic heterocycles. The Bertz CT molecular complexity index is 320. The van der Waals surface area contributed by atoms with Gasteiger partial charge >= 0.3 is 0 Å². The smallest absolute Gasteiger partial charge is 0.115 e. The molecule has 0 bridgehead atoms. The Labute approximate surface area is 90.3 Å². The summed E-state index contributed by atoms with van der Waals surface area (Å²) in [5.74, 6) is 0.321. The molecular weight excluding hydrogens is 220 g/mol. The number of thiocarbonyl (C=S) groups is 1. The number of hydrogen-bond donors (Lipinski definition) is 1.